The Morgan fingerprint density at radius 3 is 1.62 bits per heavy atom. The Bertz CT molecular complexity index is 257. The Morgan fingerprint density at radius 1 is 0.923 bits per heavy atom. The molecule has 0 heterocycles. The van der Waals surface area contributed by atoms with E-state index >= 15 is 0 Å². The van der Waals surface area contributed by atoms with E-state index in [0.717, 1.165) is 12.8 Å². The molecule has 13 heavy (non-hydrogen) atoms. The van der Waals surface area contributed by atoms with Gasteiger partial charge in [0, 0.05) is 0 Å². The number of hydrogen-bond donors (Lipinski definition) is 2. The number of carboxylic acids is 2. The average molecular weight is 184 g/mol. The molecule has 0 aromatic carbocycles. The van der Waals surface area contributed by atoms with Crippen LogP contribution in [0, 0.1) is 10.8 Å². The molecule has 2 aliphatic rings. The highest BCUT2D eigenvalue weighted by Crippen LogP contribution is 2.71. The Balaban J connectivity index is 2.32. The zero-order valence-corrected chi connectivity index (χ0v) is 7.25. The molecule has 0 aliphatic heterocycles. The molecule has 0 spiro atoms. The van der Waals surface area contributed by atoms with E-state index in [4.69, 9.17) is 10.2 Å². The molecule has 2 unspecified atom stereocenters. The van der Waals surface area contributed by atoms with E-state index in [1.807, 2.05) is 0 Å². The second kappa shape index (κ2) is 2.25. The van der Waals surface area contributed by atoms with E-state index in [9.17, 15) is 9.59 Å². The number of carboxylic acid groups (broad SMARTS) is 2. The molecule has 0 aromatic rings. The van der Waals surface area contributed by atoms with Crippen LogP contribution < -0.4 is 0 Å². The number of fused-ring (bicyclic) bond motifs is 1. The normalized spacial score (nSPS) is 42.2. The van der Waals surface area contributed by atoms with Crippen LogP contribution in [0.4, 0.5) is 0 Å². The number of carbonyl (C=O) groups is 2. The van der Waals surface area contributed by atoms with Crippen molar-refractivity contribution < 1.29 is 19.8 Å². The molecule has 0 radical (unpaired) electrons. The molecule has 2 fully saturated rings. The van der Waals surface area contributed by atoms with Gasteiger partial charge in [0.25, 0.3) is 0 Å². The fourth-order valence-corrected chi connectivity index (χ4v) is 2.75. The third-order valence-electron chi connectivity index (χ3n) is 3.67. The quantitative estimate of drug-likeness (QED) is 0.674. The van der Waals surface area contributed by atoms with E-state index < -0.39 is 22.8 Å². The Hall–Kier alpha value is -1.06. The van der Waals surface area contributed by atoms with Gasteiger partial charge in [-0.3, -0.25) is 9.59 Å². The van der Waals surface area contributed by atoms with Crippen LogP contribution >= 0.6 is 0 Å². The SMILES string of the molecule is O=C(O)C12CCCCC1(C(=O)O)C2. The van der Waals surface area contributed by atoms with E-state index in [1.165, 1.54) is 0 Å². The van der Waals surface area contributed by atoms with Crippen LogP contribution in [0.3, 0.4) is 0 Å². The van der Waals surface area contributed by atoms with Gasteiger partial charge in [0.1, 0.15) is 0 Å². The van der Waals surface area contributed by atoms with Gasteiger partial charge in [-0.2, -0.15) is 0 Å². The Labute approximate surface area is 75.6 Å². The highest BCUT2D eigenvalue weighted by atomic mass is 16.4. The van der Waals surface area contributed by atoms with Crippen molar-refractivity contribution in [1.29, 1.82) is 0 Å². The van der Waals surface area contributed by atoms with E-state index in [0.29, 0.717) is 19.3 Å². The largest absolute Gasteiger partial charge is 0.481 e. The summed E-state index contributed by atoms with van der Waals surface area (Å²) in [4.78, 5) is 21.9. The summed E-state index contributed by atoms with van der Waals surface area (Å²) in [6.45, 7) is 0. The van der Waals surface area contributed by atoms with Gasteiger partial charge in [0.05, 0.1) is 10.8 Å². The summed E-state index contributed by atoms with van der Waals surface area (Å²) >= 11 is 0. The summed E-state index contributed by atoms with van der Waals surface area (Å²) in [6, 6.07) is 0. The maximum Gasteiger partial charge on any atom is 0.310 e. The molecule has 72 valence electrons. The Kier molecular flexibility index (Phi) is 1.47. The maximum absolute atomic E-state index is 11.0. The van der Waals surface area contributed by atoms with Crippen LogP contribution in [0.15, 0.2) is 0 Å². The van der Waals surface area contributed by atoms with Crippen molar-refractivity contribution in [3.63, 3.8) is 0 Å². The fraction of sp³-hybridized carbons (Fsp3) is 0.778. The van der Waals surface area contributed by atoms with Crippen molar-refractivity contribution in [3.05, 3.63) is 0 Å². The summed E-state index contributed by atoms with van der Waals surface area (Å²) < 4.78 is 0. The summed E-state index contributed by atoms with van der Waals surface area (Å²) in [7, 11) is 0. The van der Waals surface area contributed by atoms with Crippen molar-refractivity contribution in [2.45, 2.75) is 32.1 Å². The van der Waals surface area contributed by atoms with Crippen molar-refractivity contribution in [2.75, 3.05) is 0 Å². The van der Waals surface area contributed by atoms with Crippen LogP contribution in [0.5, 0.6) is 0 Å². The van der Waals surface area contributed by atoms with Crippen molar-refractivity contribution in [2.24, 2.45) is 10.8 Å². The van der Waals surface area contributed by atoms with Crippen molar-refractivity contribution in [1.82, 2.24) is 0 Å². The second-order valence-corrected chi connectivity index (χ2v) is 4.16. The van der Waals surface area contributed by atoms with Gasteiger partial charge in [0.15, 0.2) is 0 Å². The Morgan fingerprint density at radius 2 is 1.31 bits per heavy atom. The van der Waals surface area contributed by atoms with E-state index in [2.05, 4.69) is 0 Å². The zero-order chi connectivity index (χ0) is 9.69. The molecule has 2 saturated carbocycles. The van der Waals surface area contributed by atoms with Crippen LogP contribution in [0.1, 0.15) is 32.1 Å². The van der Waals surface area contributed by atoms with Gasteiger partial charge < -0.3 is 10.2 Å². The van der Waals surface area contributed by atoms with Gasteiger partial charge in [0.2, 0.25) is 0 Å². The molecule has 2 N–H and O–H groups in total. The van der Waals surface area contributed by atoms with Crippen molar-refractivity contribution >= 4 is 11.9 Å². The minimum Gasteiger partial charge on any atom is -0.481 e. The molecular weight excluding hydrogens is 172 g/mol. The number of hydrogen-bond acceptors (Lipinski definition) is 2. The topological polar surface area (TPSA) is 74.6 Å². The van der Waals surface area contributed by atoms with Gasteiger partial charge in [-0.1, -0.05) is 12.8 Å². The van der Waals surface area contributed by atoms with Crippen molar-refractivity contribution in [3.8, 4) is 0 Å². The smallest absolute Gasteiger partial charge is 0.310 e. The van der Waals surface area contributed by atoms with Gasteiger partial charge in [-0.15, -0.1) is 0 Å². The summed E-state index contributed by atoms with van der Waals surface area (Å²) in [6.07, 6.45) is 3.11. The standard InChI is InChI=1S/C9H12O4/c10-6(11)8-3-1-2-4-9(8,5-8)7(12)13/h1-5H2,(H,10,11)(H,12,13). The predicted molar refractivity (Wildman–Crippen MR) is 43.2 cm³/mol. The minimum atomic E-state index is -0.922. The molecule has 2 rings (SSSR count). The monoisotopic (exact) mass is 184 g/mol. The number of rotatable bonds is 2. The number of aliphatic carboxylic acids is 2. The first kappa shape index (κ1) is 8.53. The lowest BCUT2D eigenvalue weighted by atomic mass is 9.79. The minimum absolute atomic E-state index is 0.338. The van der Waals surface area contributed by atoms with Crippen LogP contribution in [0.25, 0.3) is 0 Å². The van der Waals surface area contributed by atoms with Gasteiger partial charge in [-0.05, 0) is 19.3 Å². The van der Waals surface area contributed by atoms with Gasteiger partial charge >= 0.3 is 11.9 Å². The molecular formula is C9H12O4. The van der Waals surface area contributed by atoms with Gasteiger partial charge in [-0.25, -0.2) is 0 Å². The first-order valence-corrected chi connectivity index (χ1v) is 4.52. The summed E-state index contributed by atoms with van der Waals surface area (Å²) in [5, 5.41) is 18.0. The lowest BCUT2D eigenvalue weighted by molar-refractivity contribution is -0.155. The van der Waals surface area contributed by atoms with Crippen LogP contribution in [-0.2, 0) is 9.59 Å². The molecule has 2 aliphatic carbocycles. The third-order valence-corrected chi connectivity index (χ3v) is 3.67. The van der Waals surface area contributed by atoms with Crippen LogP contribution in [-0.4, -0.2) is 22.2 Å². The molecule has 4 nitrogen and oxygen atoms in total. The first-order chi connectivity index (χ1) is 6.05. The van der Waals surface area contributed by atoms with E-state index in [1.54, 1.807) is 0 Å². The highest BCUT2D eigenvalue weighted by Gasteiger charge is 2.76. The lowest BCUT2D eigenvalue weighted by Crippen LogP contribution is -2.32. The molecule has 0 bridgehead atoms. The second-order valence-electron chi connectivity index (χ2n) is 4.16. The third kappa shape index (κ3) is 0.806. The first-order valence-electron chi connectivity index (χ1n) is 4.52. The molecule has 2 atom stereocenters. The maximum atomic E-state index is 11.0. The van der Waals surface area contributed by atoms with Crippen LogP contribution in [0.2, 0.25) is 0 Å². The molecule has 0 amide bonds. The lowest BCUT2D eigenvalue weighted by Gasteiger charge is -2.23. The molecule has 4 heteroatoms. The molecule has 0 saturated heterocycles. The molecule has 0 aromatic heterocycles. The summed E-state index contributed by atoms with van der Waals surface area (Å²) in [5.41, 5.74) is -1.84. The fourth-order valence-electron chi connectivity index (χ4n) is 2.75. The summed E-state index contributed by atoms with van der Waals surface area (Å²) in [5.74, 6) is -1.84. The predicted octanol–water partition coefficient (Wildman–Crippen LogP) is 1.11. The highest BCUT2D eigenvalue weighted by molar-refractivity contribution is 5.93. The average Bonchev–Trinajstić information content (AvgIpc) is 2.75. The zero-order valence-electron chi connectivity index (χ0n) is 7.25. The van der Waals surface area contributed by atoms with E-state index in [-0.39, 0.29) is 0 Å².